The second-order valence-corrected chi connectivity index (χ2v) is 6.84. The van der Waals surface area contributed by atoms with E-state index in [1.807, 2.05) is 52.0 Å². The molecule has 1 heterocycles. The van der Waals surface area contributed by atoms with E-state index in [0.717, 1.165) is 5.56 Å². The second-order valence-electron chi connectivity index (χ2n) is 6.84. The van der Waals surface area contributed by atoms with Crippen molar-refractivity contribution >= 4 is 5.97 Å². The van der Waals surface area contributed by atoms with Gasteiger partial charge in [-0.1, -0.05) is 42.5 Å². The summed E-state index contributed by atoms with van der Waals surface area (Å²) in [5.74, 6) is -0.183. The lowest BCUT2D eigenvalue weighted by molar-refractivity contribution is -0.154. The number of nitrogens with zero attached hydrogens (tertiary/aromatic N) is 1. The molecule has 3 atom stereocenters. The van der Waals surface area contributed by atoms with Gasteiger partial charge in [0.15, 0.2) is 0 Å². The monoisotopic (exact) mass is 317 g/mol. The largest absolute Gasteiger partial charge is 0.459 e. The zero-order valence-electron chi connectivity index (χ0n) is 14.5. The van der Waals surface area contributed by atoms with Gasteiger partial charge in [-0.15, -0.1) is 0 Å². The molecule has 1 aliphatic heterocycles. The Hall–Kier alpha value is -1.65. The van der Waals surface area contributed by atoms with Gasteiger partial charge in [-0.25, -0.2) is 0 Å². The van der Waals surface area contributed by atoms with Gasteiger partial charge in [0.1, 0.15) is 5.60 Å². The molecule has 2 rings (SSSR count). The van der Waals surface area contributed by atoms with Crippen molar-refractivity contribution in [3.05, 3.63) is 48.0 Å². The second kappa shape index (κ2) is 7.75. The highest BCUT2D eigenvalue weighted by Crippen LogP contribution is 2.30. The van der Waals surface area contributed by atoms with Crippen LogP contribution < -0.4 is 0 Å². The van der Waals surface area contributed by atoms with Gasteiger partial charge in [-0.05, 0) is 33.3 Å². The van der Waals surface area contributed by atoms with E-state index in [2.05, 4.69) is 23.1 Å². The Balaban J connectivity index is 1.79. The molecule has 0 saturated carbocycles. The maximum atomic E-state index is 12.0. The van der Waals surface area contributed by atoms with Crippen molar-refractivity contribution in [2.75, 3.05) is 13.2 Å². The highest BCUT2D eigenvalue weighted by Gasteiger charge is 2.46. The molecule has 1 aromatic carbocycles. The molecule has 1 aromatic rings. The van der Waals surface area contributed by atoms with E-state index in [-0.39, 0.29) is 18.1 Å². The molecule has 4 heteroatoms. The van der Waals surface area contributed by atoms with Crippen LogP contribution in [0.25, 0.3) is 0 Å². The van der Waals surface area contributed by atoms with Crippen molar-refractivity contribution in [1.82, 2.24) is 4.90 Å². The average molecular weight is 317 g/mol. The summed E-state index contributed by atoms with van der Waals surface area (Å²) in [5, 5.41) is 0. The number of ether oxygens (including phenoxy) is 2. The standard InChI is InChI=1S/C19H27NO3/c1-5-9-16-17(14-22-13-15-10-7-6-8-11-15)20(16)12-18(21)23-19(2,3)4/h5-11,16-17H,12-14H2,1-4H3/b9-5-. The van der Waals surface area contributed by atoms with Crippen LogP contribution in [-0.2, 0) is 20.9 Å². The summed E-state index contributed by atoms with van der Waals surface area (Å²) in [6, 6.07) is 10.6. The molecule has 0 aromatic heterocycles. The quantitative estimate of drug-likeness (QED) is 0.440. The molecule has 126 valence electrons. The third-order valence-electron chi connectivity index (χ3n) is 3.63. The Labute approximate surface area is 139 Å². The Morgan fingerprint density at radius 2 is 1.96 bits per heavy atom. The first-order valence-electron chi connectivity index (χ1n) is 8.13. The summed E-state index contributed by atoms with van der Waals surface area (Å²) in [5.41, 5.74) is 0.720. The third kappa shape index (κ3) is 5.81. The molecular formula is C19H27NO3. The molecule has 0 spiro atoms. The number of esters is 1. The molecule has 0 bridgehead atoms. The molecule has 0 radical (unpaired) electrons. The first kappa shape index (κ1) is 17.7. The van der Waals surface area contributed by atoms with E-state index >= 15 is 0 Å². The van der Waals surface area contributed by atoms with Gasteiger partial charge in [-0.2, -0.15) is 0 Å². The summed E-state index contributed by atoms with van der Waals surface area (Å²) >= 11 is 0. The van der Waals surface area contributed by atoms with E-state index in [1.165, 1.54) is 0 Å². The van der Waals surface area contributed by atoms with Crippen molar-refractivity contribution in [3.63, 3.8) is 0 Å². The van der Waals surface area contributed by atoms with Crippen LogP contribution in [0, 0.1) is 0 Å². The van der Waals surface area contributed by atoms with Crippen molar-refractivity contribution < 1.29 is 14.3 Å². The number of carbonyl (C=O) groups excluding carboxylic acids is 1. The fraction of sp³-hybridized carbons (Fsp3) is 0.526. The van der Waals surface area contributed by atoms with Crippen molar-refractivity contribution in [2.45, 2.75) is 52.0 Å². The lowest BCUT2D eigenvalue weighted by atomic mass is 10.2. The van der Waals surface area contributed by atoms with Gasteiger partial charge < -0.3 is 9.47 Å². The van der Waals surface area contributed by atoms with Crippen LogP contribution >= 0.6 is 0 Å². The van der Waals surface area contributed by atoms with Crippen LogP contribution in [0.4, 0.5) is 0 Å². The van der Waals surface area contributed by atoms with Gasteiger partial charge >= 0.3 is 5.97 Å². The number of carbonyl (C=O) groups is 1. The van der Waals surface area contributed by atoms with Gasteiger partial charge in [0.25, 0.3) is 0 Å². The maximum Gasteiger partial charge on any atom is 0.320 e. The third-order valence-corrected chi connectivity index (χ3v) is 3.63. The van der Waals surface area contributed by atoms with E-state index < -0.39 is 5.60 Å². The molecule has 3 unspecified atom stereocenters. The molecule has 0 aliphatic carbocycles. The Kier molecular flexibility index (Phi) is 5.97. The van der Waals surface area contributed by atoms with Crippen LogP contribution in [0.2, 0.25) is 0 Å². The first-order valence-corrected chi connectivity index (χ1v) is 8.13. The lowest BCUT2D eigenvalue weighted by Gasteiger charge is -2.19. The highest BCUT2D eigenvalue weighted by atomic mass is 16.6. The van der Waals surface area contributed by atoms with Crippen LogP contribution in [0.3, 0.4) is 0 Å². The van der Waals surface area contributed by atoms with Gasteiger partial charge in [-0.3, -0.25) is 9.69 Å². The summed E-state index contributed by atoms with van der Waals surface area (Å²) in [6.07, 6.45) is 4.13. The number of hydrogen-bond acceptors (Lipinski definition) is 4. The fourth-order valence-electron chi connectivity index (χ4n) is 2.60. The highest BCUT2D eigenvalue weighted by molar-refractivity contribution is 5.72. The summed E-state index contributed by atoms with van der Waals surface area (Å²) < 4.78 is 11.2. The lowest BCUT2D eigenvalue weighted by Crippen LogP contribution is -2.29. The van der Waals surface area contributed by atoms with Gasteiger partial charge in [0.05, 0.1) is 25.8 Å². The van der Waals surface area contributed by atoms with E-state index in [4.69, 9.17) is 9.47 Å². The van der Waals surface area contributed by atoms with Crippen LogP contribution in [-0.4, -0.2) is 41.7 Å². The topological polar surface area (TPSA) is 38.5 Å². The van der Waals surface area contributed by atoms with Crippen molar-refractivity contribution in [1.29, 1.82) is 0 Å². The van der Waals surface area contributed by atoms with Crippen LogP contribution in [0.1, 0.15) is 33.3 Å². The SMILES string of the molecule is C/C=C\C1C(COCc2ccccc2)N1CC(=O)OC(C)(C)C. The zero-order valence-corrected chi connectivity index (χ0v) is 14.5. The van der Waals surface area contributed by atoms with Crippen molar-refractivity contribution in [3.8, 4) is 0 Å². The predicted octanol–water partition coefficient (Wildman–Crippen LogP) is 3.17. The number of benzene rings is 1. The number of rotatable bonds is 7. The molecule has 4 nitrogen and oxygen atoms in total. The van der Waals surface area contributed by atoms with Crippen LogP contribution in [0.5, 0.6) is 0 Å². The Morgan fingerprint density at radius 1 is 1.26 bits per heavy atom. The molecule has 0 N–H and O–H groups in total. The normalized spacial score (nSPS) is 23.9. The van der Waals surface area contributed by atoms with Gasteiger partial charge in [0.2, 0.25) is 0 Å². The minimum atomic E-state index is -0.442. The van der Waals surface area contributed by atoms with Crippen molar-refractivity contribution in [2.24, 2.45) is 0 Å². The Bertz CT molecular complexity index is 533. The summed E-state index contributed by atoms with van der Waals surface area (Å²) in [4.78, 5) is 14.1. The predicted molar refractivity (Wildman–Crippen MR) is 91.0 cm³/mol. The molecule has 0 amide bonds. The van der Waals surface area contributed by atoms with E-state index in [1.54, 1.807) is 0 Å². The fourth-order valence-corrected chi connectivity index (χ4v) is 2.60. The maximum absolute atomic E-state index is 12.0. The summed E-state index contributed by atoms with van der Waals surface area (Å²) in [7, 11) is 0. The first-order chi connectivity index (χ1) is 10.9. The van der Waals surface area contributed by atoms with Gasteiger partial charge in [0, 0.05) is 6.04 Å². The zero-order chi connectivity index (χ0) is 16.9. The average Bonchev–Trinajstić information content (AvgIpc) is 3.09. The molecule has 1 fully saturated rings. The minimum absolute atomic E-state index is 0.183. The number of hydrogen-bond donors (Lipinski definition) is 0. The van der Waals surface area contributed by atoms with E-state index in [0.29, 0.717) is 19.8 Å². The number of allylic oxidation sites excluding steroid dienone is 1. The summed E-state index contributed by atoms with van der Waals surface area (Å²) in [6.45, 7) is 9.18. The minimum Gasteiger partial charge on any atom is -0.459 e. The molecule has 1 saturated heterocycles. The molecule has 1 aliphatic rings. The molecule has 23 heavy (non-hydrogen) atoms. The van der Waals surface area contributed by atoms with E-state index in [9.17, 15) is 4.79 Å². The Morgan fingerprint density at radius 3 is 2.57 bits per heavy atom. The smallest absolute Gasteiger partial charge is 0.320 e. The molecular weight excluding hydrogens is 290 g/mol. The van der Waals surface area contributed by atoms with Crippen LogP contribution in [0.15, 0.2) is 42.5 Å².